The molecule has 0 N–H and O–H groups in total. The predicted molar refractivity (Wildman–Crippen MR) is 91.4 cm³/mol. The summed E-state index contributed by atoms with van der Waals surface area (Å²) in [6.45, 7) is 10.6. The molecule has 1 aromatic rings. The number of amides is 2. The highest BCUT2D eigenvalue weighted by Gasteiger charge is 2.20. The minimum absolute atomic E-state index is 0.0524. The summed E-state index contributed by atoms with van der Waals surface area (Å²) in [7, 11) is 0. The first-order valence-electron chi connectivity index (χ1n) is 8.66. The molecule has 0 bridgehead atoms. The maximum absolute atomic E-state index is 12.6. The molecule has 1 heterocycles. The van der Waals surface area contributed by atoms with E-state index >= 15 is 0 Å². The first kappa shape index (κ1) is 19.3. The molecule has 0 saturated heterocycles. The van der Waals surface area contributed by atoms with E-state index in [1.807, 2.05) is 11.8 Å². The number of furan rings is 1. The van der Waals surface area contributed by atoms with Gasteiger partial charge in [-0.3, -0.25) is 9.59 Å². The number of hydrogen-bond donors (Lipinski definition) is 0. The molecule has 2 amide bonds. The lowest BCUT2D eigenvalue weighted by molar-refractivity contribution is -0.131. The fourth-order valence-corrected chi connectivity index (χ4v) is 2.65. The lowest BCUT2D eigenvalue weighted by Crippen LogP contribution is -2.38. The van der Waals surface area contributed by atoms with E-state index in [1.165, 1.54) is 6.26 Å². The van der Waals surface area contributed by atoms with Crippen molar-refractivity contribution in [3.63, 3.8) is 0 Å². The fourth-order valence-electron chi connectivity index (χ4n) is 2.65. The Bertz CT molecular complexity index is 490. The van der Waals surface area contributed by atoms with Crippen LogP contribution in [0.5, 0.6) is 0 Å². The highest BCUT2D eigenvalue weighted by Crippen LogP contribution is 2.13. The van der Waals surface area contributed by atoms with E-state index in [4.69, 9.17) is 4.42 Å². The molecule has 0 spiro atoms. The Balaban J connectivity index is 2.67. The first-order valence-corrected chi connectivity index (χ1v) is 8.66. The minimum Gasteiger partial charge on any atom is -0.469 e. The maximum atomic E-state index is 12.6. The summed E-state index contributed by atoms with van der Waals surface area (Å²) in [5, 5.41) is 0. The second kappa shape index (κ2) is 10.1. The van der Waals surface area contributed by atoms with Crippen LogP contribution in [0.4, 0.5) is 0 Å². The van der Waals surface area contributed by atoms with E-state index in [0.717, 1.165) is 32.4 Å². The summed E-state index contributed by atoms with van der Waals surface area (Å²) in [5.41, 5.74) is 0.588. The predicted octanol–water partition coefficient (Wildman–Crippen LogP) is 3.48. The van der Waals surface area contributed by atoms with Crippen LogP contribution in [0.1, 0.15) is 62.6 Å². The highest BCUT2D eigenvalue weighted by atomic mass is 16.3. The van der Waals surface area contributed by atoms with Crippen molar-refractivity contribution < 1.29 is 14.0 Å². The van der Waals surface area contributed by atoms with Gasteiger partial charge in [-0.2, -0.15) is 0 Å². The summed E-state index contributed by atoms with van der Waals surface area (Å²) in [6.07, 6.45) is 4.68. The van der Waals surface area contributed by atoms with Gasteiger partial charge in [0, 0.05) is 32.6 Å². The molecule has 0 aliphatic rings. The van der Waals surface area contributed by atoms with Crippen LogP contribution in [0.15, 0.2) is 16.7 Å². The number of hydrogen-bond acceptors (Lipinski definition) is 3. The van der Waals surface area contributed by atoms with Crippen molar-refractivity contribution in [1.29, 1.82) is 0 Å². The van der Waals surface area contributed by atoms with E-state index in [1.54, 1.807) is 17.9 Å². The topological polar surface area (TPSA) is 53.8 Å². The van der Waals surface area contributed by atoms with Crippen LogP contribution in [0.3, 0.4) is 0 Å². The normalized spacial score (nSPS) is 10.6. The zero-order valence-electron chi connectivity index (χ0n) is 14.9. The van der Waals surface area contributed by atoms with Crippen molar-refractivity contribution in [2.75, 3.05) is 26.2 Å². The number of carbonyl (C=O) groups excluding carboxylic acids is 2. The molecule has 0 aliphatic carbocycles. The van der Waals surface area contributed by atoms with Crippen LogP contribution in [0.2, 0.25) is 0 Å². The van der Waals surface area contributed by atoms with E-state index < -0.39 is 0 Å². The lowest BCUT2D eigenvalue weighted by Gasteiger charge is -2.25. The quantitative estimate of drug-likeness (QED) is 0.662. The zero-order valence-corrected chi connectivity index (χ0v) is 14.9. The molecule has 0 aromatic carbocycles. The molecule has 0 atom stereocenters. The Morgan fingerprint density at radius 1 is 0.957 bits per heavy atom. The Morgan fingerprint density at radius 2 is 1.52 bits per heavy atom. The van der Waals surface area contributed by atoms with Crippen molar-refractivity contribution in [2.45, 2.75) is 53.4 Å². The van der Waals surface area contributed by atoms with Crippen molar-refractivity contribution in [1.82, 2.24) is 9.80 Å². The molecule has 23 heavy (non-hydrogen) atoms. The molecule has 1 aromatic heterocycles. The molecular weight excluding hydrogens is 292 g/mol. The average molecular weight is 322 g/mol. The third-order valence-corrected chi connectivity index (χ3v) is 3.81. The fraction of sp³-hybridized carbons (Fsp3) is 0.667. The summed E-state index contributed by atoms with van der Waals surface area (Å²) < 4.78 is 5.22. The molecule has 0 radical (unpaired) electrons. The summed E-state index contributed by atoms with van der Waals surface area (Å²) >= 11 is 0. The van der Waals surface area contributed by atoms with Gasteiger partial charge in [-0.05, 0) is 32.3 Å². The largest absolute Gasteiger partial charge is 0.469 e. The Labute approximate surface area is 139 Å². The minimum atomic E-state index is -0.0524. The Kier molecular flexibility index (Phi) is 8.45. The third kappa shape index (κ3) is 5.73. The summed E-state index contributed by atoms with van der Waals surface area (Å²) in [6, 6.07) is 1.70. The van der Waals surface area contributed by atoms with Gasteiger partial charge in [-0.25, -0.2) is 0 Å². The van der Waals surface area contributed by atoms with Gasteiger partial charge < -0.3 is 14.2 Å². The van der Waals surface area contributed by atoms with Crippen LogP contribution >= 0.6 is 0 Å². The van der Waals surface area contributed by atoms with Crippen LogP contribution < -0.4 is 0 Å². The van der Waals surface area contributed by atoms with Crippen LogP contribution in [-0.2, 0) is 4.79 Å². The van der Waals surface area contributed by atoms with Crippen molar-refractivity contribution in [2.24, 2.45) is 0 Å². The second-order valence-electron chi connectivity index (χ2n) is 5.81. The SMILES string of the molecule is CCCN(CCC)C(=O)CCN(CCC)C(=O)c1ccoc1C. The number of rotatable bonds is 10. The molecule has 0 unspecified atom stereocenters. The van der Waals surface area contributed by atoms with Gasteiger partial charge in [-0.15, -0.1) is 0 Å². The molecule has 5 heteroatoms. The number of aryl methyl sites for hydroxylation is 1. The van der Waals surface area contributed by atoms with E-state index in [9.17, 15) is 9.59 Å². The smallest absolute Gasteiger partial charge is 0.257 e. The van der Waals surface area contributed by atoms with Crippen molar-refractivity contribution in [3.05, 3.63) is 23.7 Å². The highest BCUT2D eigenvalue weighted by molar-refractivity contribution is 5.95. The van der Waals surface area contributed by atoms with Gasteiger partial charge in [0.05, 0.1) is 11.8 Å². The molecule has 1 rings (SSSR count). The third-order valence-electron chi connectivity index (χ3n) is 3.81. The van der Waals surface area contributed by atoms with Crippen LogP contribution in [0, 0.1) is 6.92 Å². The average Bonchev–Trinajstić information content (AvgIpc) is 2.96. The molecule has 0 saturated carbocycles. The Morgan fingerprint density at radius 3 is 2.00 bits per heavy atom. The van der Waals surface area contributed by atoms with Gasteiger partial charge in [-0.1, -0.05) is 20.8 Å². The van der Waals surface area contributed by atoms with E-state index in [-0.39, 0.29) is 11.8 Å². The van der Waals surface area contributed by atoms with Crippen LogP contribution in [0.25, 0.3) is 0 Å². The first-order chi connectivity index (χ1) is 11.0. The van der Waals surface area contributed by atoms with Crippen molar-refractivity contribution >= 4 is 11.8 Å². The maximum Gasteiger partial charge on any atom is 0.257 e. The zero-order chi connectivity index (χ0) is 17.2. The van der Waals surface area contributed by atoms with E-state index in [0.29, 0.717) is 30.8 Å². The van der Waals surface area contributed by atoms with Gasteiger partial charge >= 0.3 is 0 Å². The molecule has 130 valence electrons. The second-order valence-corrected chi connectivity index (χ2v) is 5.81. The monoisotopic (exact) mass is 322 g/mol. The molecular formula is C18H30N2O3. The lowest BCUT2D eigenvalue weighted by atomic mass is 10.2. The standard InChI is InChI=1S/C18H30N2O3/c1-5-10-19(11-6-2)17(21)8-13-20(12-7-3)18(22)16-9-14-23-15(16)4/h9,14H,5-8,10-13H2,1-4H3. The number of nitrogens with zero attached hydrogens (tertiary/aromatic N) is 2. The van der Waals surface area contributed by atoms with Gasteiger partial charge in [0.1, 0.15) is 5.76 Å². The number of carbonyl (C=O) groups is 2. The summed E-state index contributed by atoms with van der Waals surface area (Å²) in [4.78, 5) is 28.6. The molecule has 5 nitrogen and oxygen atoms in total. The van der Waals surface area contributed by atoms with Gasteiger partial charge in [0.25, 0.3) is 5.91 Å². The van der Waals surface area contributed by atoms with Crippen molar-refractivity contribution in [3.8, 4) is 0 Å². The molecule has 0 fully saturated rings. The van der Waals surface area contributed by atoms with Gasteiger partial charge in [0.15, 0.2) is 0 Å². The van der Waals surface area contributed by atoms with Crippen LogP contribution in [-0.4, -0.2) is 47.8 Å². The van der Waals surface area contributed by atoms with Gasteiger partial charge in [0.2, 0.25) is 5.91 Å². The summed E-state index contributed by atoms with van der Waals surface area (Å²) in [5.74, 6) is 0.705. The molecule has 0 aliphatic heterocycles. The van der Waals surface area contributed by atoms with E-state index in [2.05, 4.69) is 13.8 Å². The Hall–Kier alpha value is -1.78.